The molecule has 1 aliphatic rings. The van der Waals surface area contributed by atoms with E-state index in [4.69, 9.17) is 4.74 Å². The third-order valence-corrected chi connectivity index (χ3v) is 5.29. The Morgan fingerprint density at radius 1 is 0.958 bits per heavy atom. The molecule has 0 radical (unpaired) electrons. The fourth-order valence-electron chi connectivity index (χ4n) is 4.16. The molecule has 0 aliphatic carbocycles. The number of amides is 1. The molecule has 0 atom stereocenters. The Labute approximate surface area is 144 Å². The number of hydrogen-bond acceptors (Lipinski definition) is 2. The van der Waals surface area contributed by atoms with E-state index in [1.807, 2.05) is 36.4 Å². The molecule has 1 saturated heterocycles. The maximum Gasteiger partial charge on any atom is 0.254 e. The topological polar surface area (TPSA) is 29.5 Å². The van der Waals surface area contributed by atoms with Crippen molar-refractivity contribution in [2.75, 3.05) is 7.11 Å². The smallest absolute Gasteiger partial charge is 0.254 e. The first-order valence-electron chi connectivity index (χ1n) is 8.67. The third-order valence-electron chi connectivity index (χ3n) is 5.29. The fourth-order valence-corrected chi connectivity index (χ4v) is 4.16. The van der Waals surface area contributed by atoms with Crippen LogP contribution >= 0.6 is 0 Å². The number of hydrogen-bond donors (Lipinski definition) is 0. The second-order valence-corrected chi connectivity index (χ2v) is 8.05. The third kappa shape index (κ3) is 2.88. The number of carbonyl (C=O) groups excluding carboxylic acids is 1. The van der Waals surface area contributed by atoms with Crippen LogP contribution in [0.15, 0.2) is 36.4 Å². The van der Waals surface area contributed by atoms with Crippen LogP contribution in [-0.4, -0.2) is 29.0 Å². The summed E-state index contributed by atoms with van der Waals surface area (Å²) in [6.07, 6.45) is 3.27. The molecule has 1 amide bonds. The second kappa shape index (κ2) is 5.80. The maximum absolute atomic E-state index is 13.3. The number of rotatable bonds is 2. The first kappa shape index (κ1) is 16.8. The van der Waals surface area contributed by atoms with Gasteiger partial charge in [0.2, 0.25) is 0 Å². The number of likely N-dealkylation sites (tertiary alicyclic amines) is 1. The average molecular weight is 325 g/mol. The van der Waals surface area contributed by atoms with Crippen LogP contribution in [0.3, 0.4) is 0 Å². The average Bonchev–Trinajstić information content (AvgIpc) is 2.52. The number of piperidine rings is 1. The summed E-state index contributed by atoms with van der Waals surface area (Å²) in [4.78, 5) is 15.4. The Balaban J connectivity index is 2.01. The fraction of sp³-hybridized carbons (Fsp3) is 0.476. The van der Waals surface area contributed by atoms with Crippen molar-refractivity contribution in [3.63, 3.8) is 0 Å². The molecule has 1 fully saturated rings. The summed E-state index contributed by atoms with van der Waals surface area (Å²) in [5, 5.41) is 2.15. The van der Waals surface area contributed by atoms with Gasteiger partial charge in [0.25, 0.3) is 5.91 Å². The van der Waals surface area contributed by atoms with Crippen LogP contribution in [0.2, 0.25) is 0 Å². The van der Waals surface area contributed by atoms with E-state index in [0.717, 1.165) is 34.9 Å². The summed E-state index contributed by atoms with van der Waals surface area (Å²) in [7, 11) is 1.67. The van der Waals surface area contributed by atoms with Crippen LogP contribution in [0.25, 0.3) is 10.8 Å². The predicted molar refractivity (Wildman–Crippen MR) is 98.7 cm³/mol. The molecule has 0 spiro atoms. The van der Waals surface area contributed by atoms with Gasteiger partial charge in [0, 0.05) is 16.6 Å². The molecule has 1 heterocycles. The predicted octanol–water partition coefficient (Wildman–Crippen LogP) is 5.03. The summed E-state index contributed by atoms with van der Waals surface area (Å²) in [6.45, 7) is 8.71. The zero-order valence-electron chi connectivity index (χ0n) is 15.3. The van der Waals surface area contributed by atoms with E-state index < -0.39 is 0 Å². The van der Waals surface area contributed by atoms with Crippen molar-refractivity contribution < 1.29 is 9.53 Å². The molecule has 2 aromatic rings. The maximum atomic E-state index is 13.3. The van der Waals surface area contributed by atoms with E-state index in [1.54, 1.807) is 7.11 Å². The van der Waals surface area contributed by atoms with Crippen molar-refractivity contribution in [1.82, 2.24) is 4.90 Å². The van der Waals surface area contributed by atoms with E-state index >= 15 is 0 Å². The molecular weight excluding hydrogens is 298 g/mol. The van der Waals surface area contributed by atoms with Gasteiger partial charge in [0.1, 0.15) is 5.75 Å². The van der Waals surface area contributed by atoms with Crippen LogP contribution in [0.5, 0.6) is 5.75 Å². The van der Waals surface area contributed by atoms with Gasteiger partial charge in [-0.05, 0) is 82.0 Å². The van der Waals surface area contributed by atoms with E-state index in [9.17, 15) is 4.79 Å². The zero-order valence-corrected chi connectivity index (χ0v) is 15.3. The van der Waals surface area contributed by atoms with Crippen molar-refractivity contribution in [2.45, 2.75) is 58.0 Å². The highest BCUT2D eigenvalue weighted by Crippen LogP contribution is 2.39. The molecule has 0 N–H and O–H groups in total. The highest BCUT2D eigenvalue weighted by molar-refractivity contribution is 5.99. The van der Waals surface area contributed by atoms with E-state index in [-0.39, 0.29) is 17.0 Å². The first-order chi connectivity index (χ1) is 11.2. The van der Waals surface area contributed by atoms with Crippen LogP contribution in [0, 0.1) is 0 Å². The minimum absolute atomic E-state index is 0.117. The van der Waals surface area contributed by atoms with Gasteiger partial charge >= 0.3 is 0 Å². The van der Waals surface area contributed by atoms with Gasteiger partial charge in [-0.1, -0.05) is 12.1 Å². The number of carbonyl (C=O) groups is 1. The molecule has 3 nitrogen and oxygen atoms in total. The summed E-state index contributed by atoms with van der Waals surface area (Å²) in [6, 6.07) is 11.9. The van der Waals surface area contributed by atoms with Crippen molar-refractivity contribution in [3.05, 3.63) is 42.0 Å². The molecule has 0 aromatic heterocycles. The Morgan fingerprint density at radius 2 is 1.54 bits per heavy atom. The van der Waals surface area contributed by atoms with Crippen LogP contribution in [-0.2, 0) is 0 Å². The number of benzene rings is 2. The molecular formula is C21H27NO2. The Morgan fingerprint density at radius 3 is 2.17 bits per heavy atom. The van der Waals surface area contributed by atoms with Gasteiger partial charge in [-0.2, -0.15) is 0 Å². The zero-order chi connectivity index (χ0) is 17.5. The van der Waals surface area contributed by atoms with E-state index in [1.165, 1.54) is 6.42 Å². The minimum atomic E-state index is -0.117. The lowest BCUT2D eigenvalue weighted by Gasteiger charge is -2.53. The Kier molecular flexibility index (Phi) is 4.06. The highest BCUT2D eigenvalue weighted by Gasteiger charge is 2.44. The number of nitrogens with zero attached hydrogens (tertiary/aromatic N) is 1. The summed E-state index contributed by atoms with van der Waals surface area (Å²) in [5.41, 5.74) is 0.525. The molecule has 0 unspecified atom stereocenters. The summed E-state index contributed by atoms with van der Waals surface area (Å²) >= 11 is 0. The minimum Gasteiger partial charge on any atom is -0.497 e. The van der Waals surface area contributed by atoms with Crippen molar-refractivity contribution in [1.29, 1.82) is 0 Å². The molecule has 3 rings (SSSR count). The highest BCUT2D eigenvalue weighted by atomic mass is 16.5. The monoisotopic (exact) mass is 325 g/mol. The van der Waals surface area contributed by atoms with Crippen LogP contribution < -0.4 is 4.74 Å². The lowest BCUT2D eigenvalue weighted by Crippen LogP contribution is -2.60. The summed E-state index contributed by atoms with van der Waals surface area (Å²) < 4.78 is 5.27. The number of fused-ring (bicyclic) bond motifs is 1. The molecule has 2 aromatic carbocycles. The van der Waals surface area contributed by atoms with Crippen molar-refractivity contribution in [3.8, 4) is 5.75 Å². The lowest BCUT2D eigenvalue weighted by molar-refractivity contribution is -0.0111. The van der Waals surface area contributed by atoms with Crippen LogP contribution in [0.4, 0.5) is 0 Å². The Hall–Kier alpha value is -2.03. The van der Waals surface area contributed by atoms with Gasteiger partial charge in [0.15, 0.2) is 0 Å². The second-order valence-electron chi connectivity index (χ2n) is 8.05. The number of methoxy groups -OCH3 is 1. The SMILES string of the molecule is COc1ccc2cc(C(=O)N3C(C)(C)CCCC3(C)C)ccc2c1. The molecule has 0 saturated carbocycles. The molecule has 3 heteroatoms. The summed E-state index contributed by atoms with van der Waals surface area (Å²) in [5.74, 6) is 0.960. The van der Waals surface area contributed by atoms with Gasteiger partial charge in [-0.3, -0.25) is 4.79 Å². The van der Waals surface area contributed by atoms with Gasteiger partial charge in [-0.15, -0.1) is 0 Å². The normalized spacial score (nSPS) is 19.3. The largest absolute Gasteiger partial charge is 0.497 e. The van der Waals surface area contributed by atoms with Gasteiger partial charge < -0.3 is 9.64 Å². The van der Waals surface area contributed by atoms with Gasteiger partial charge in [0.05, 0.1) is 7.11 Å². The molecule has 0 bridgehead atoms. The standard InChI is InChI=1S/C21H27NO2/c1-20(2)11-6-12-21(3,4)22(20)19(23)17-8-7-16-14-18(24-5)10-9-15(16)13-17/h7-10,13-14H,6,11-12H2,1-5H3. The van der Waals surface area contributed by atoms with E-state index in [2.05, 4.69) is 32.6 Å². The van der Waals surface area contributed by atoms with Gasteiger partial charge in [-0.25, -0.2) is 0 Å². The van der Waals surface area contributed by atoms with Crippen LogP contribution in [0.1, 0.15) is 57.3 Å². The Bertz CT molecular complexity index is 761. The first-order valence-corrected chi connectivity index (χ1v) is 8.67. The van der Waals surface area contributed by atoms with Crippen molar-refractivity contribution >= 4 is 16.7 Å². The lowest BCUT2D eigenvalue weighted by atomic mass is 9.79. The molecule has 1 aliphatic heterocycles. The molecule has 24 heavy (non-hydrogen) atoms. The van der Waals surface area contributed by atoms with E-state index in [0.29, 0.717) is 0 Å². The molecule has 128 valence electrons. The number of ether oxygens (including phenoxy) is 1. The van der Waals surface area contributed by atoms with Crippen molar-refractivity contribution in [2.24, 2.45) is 0 Å². The quantitative estimate of drug-likeness (QED) is 0.775.